The van der Waals surface area contributed by atoms with Crippen molar-refractivity contribution >= 4 is 34.2 Å². The molecule has 0 saturated carbocycles. The van der Waals surface area contributed by atoms with Gasteiger partial charge in [-0.25, -0.2) is 28.5 Å². The number of benzene rings is 1. The number of hydrogen-bond acceptors (Lipinski definition) is 9. The summed E-state index contributed by atoms with van der Waals surface area (Å²) in [4.78, 5) is 22.4. The van der Waals surface area contributed by atoms with Gasteiger partial charge in [0.2, 0.25) is 17.1 Å². The van der Waals surface area contributed by atoms with Crippen LogP contribution in [-0.4, -0.2) is 59.1 Å². The second kappa shape index (κ2) is 12.1. The van der Waals surface area contributed by atoms with E-state index in [9.17, 15) is 13.2 Å². The van der Waals surface area contributed by atoms with Crippen molar-refractivity contribution in [2.75, 3.05) is 20.8 Å². The molecule has 41 heavy (non-hydrogen) atoms. The van der Waals surface area contributed by atoms with Crippen molar-refractivity contribution in [1.82, 2.24) is 34.2 Å². The second-order valence-corrected chi connectivity index (χ2v) is 9.39. The lowest BCUT2D eigenvalue weighted by molar-refractivity contribution is 0.327. The van der Waals surface area contributed by atoms with Crippen LogP contribution in [0.4, 0.5) is 4.39 Å². The topological polar surface area (TPSA) is 146 Å². The molecule has 15 heteroatoms. The average Bonchev–Trinajstić information content (AvgIpc) is 3.33. The number of imidazole rings is 1. The molecule has 4 heterocycles. The summed E-state index contributed by atoms with van der Waals surface area (Å²) in [7, 11) is 3.00. The van der Waals surface area contributed by atoms with E-state index in [0.29, 0.717) is 35.4 Å². The lowest BCUT2D eigenvalue weighted by Crippen LogP contribution is -2.27. The Morgan fingerprint density at radius 1 is 1.02 bits per heavy atom. The van der Waals surface area contributed by atoms with Gasteiger partial charge >= 0.3 is 0 Å². The minimum absolute atomic E-state index is 0.0724. The standard InChI is InChI=1S/C26H23ClFN7O5S/c1-4-40-18-12-5-9-15(30-18)25-33-24-26(35(25)22-16(38-2)10-6-11-17(22)39-3)31-21(23(27)32-24)20(34-41(36)37)19-14(28)8-7-13-29-19/h5-13,20,34H,4H2,1-3H3,(H,36,37). The van der Waals surface area contributed by atoms with Crippen molar-refractivity contribution < 1.29 is 27.4 Å². The Hall–Kier alpha value is -4.24. The van der Waals surface area contributed by atoms with Gasteiger partial charge in [0.25, 0.3) is 0 Å². The summed E-state index contributed by atoms with van der Waals surface area (Å²) < 4.78 is 57.3. The summed E-state index contributed by atoms with van der Waals surface area (Å²) >= 11 is 3.95. The Morgan fingerprint density at radius 2 is 1.76 bits per heavy atom. The summed E-state index contributed by atoms with van der Waals surface area (Å²) in [6.45, 7) is 2.24. The van der Waals surface area contributed by atoms with E-state index < -0.39 is 23.1 Å². The molecule has 0 bridgehead atoms. The molecule has 0 aliphatic rings. The number of rotatable bonds is 10. The number of ether oxygens (including phenoxy) is 3. The molecule has 0 spiro atoms. The lowest BCUT2D eigenvalue weighted by Gasteiger charge is -2.18. The molecular formula is C26H23ClFN7O5S. The van der Waals surface area contributed by atoms with E-state index >= 15 is 0 Å². The third-order valence-electron chi connectivity index (χ3n) is 5.90. The van der Waals surface area contributed by atoms with Crippen LogP contribution < -0.4 is 18.9 Å². The second-order valence-electron chi connectivity index (χ2n) is 8.29. The first-order valence-corrected chi connectivity index (χ1v) is 13.6. The summed E-state index contributed by atoms with van der Waals surface area (Å²) in [6.07, 6.45) is 1.34. The molecule has 2 N–H and O–H groups in total. The van der Waals surface area contributed by atoms with Crippen LogP contribution in [0.3, 0.4) is 0 Å². The maximum Gasteiger partial charge on any atom is 0.232 e. The van der Waals surface area contributed by atoms with Gasteiger partial charge in [0.15, 0.2) is 22.3 Å². The zero-order valence-corrected chi connectivity index (χ0v) is 23.5. The van der Waals surface area contributed by atoms with Gasteiger partial charge in [-0.2, -0.15) is 4.72 Å². The number of nitrogens with one attached hydrogen (secondary N) is 1. The van der Waals surface area contributed by atoms with Crippen LogP contribution in [0, 0.1) is 5.82 Å². The molecule has 0 radical (unpaired) electrons. The Kier molecular flexibility index (Phi) is 8.35. The largest absolute Gasteiger partial charge is 0.494 e. The van der Waals surface area contributed by atoms with Crippen molar-refractivity contribution in [2.24, 2.45) is 0 Å². The molecule has 0 amide bonds. The number of nitrogens with zero attached hydrogens (tertiary/aromatic N) is 6. The van der Waals surface area contributed by atoms with Crippen molar-refractivity contribution in [3.8, 4) is 34.6 Å². The molecule has 212 valence electrons. The van der Waals surface area contributed by atoms with E-state index in [-0.39, 0.29) is 33.7 Å². The van der Waals surface area contributed by atoms with Crippen LogP contribution in [-0.2, 0) is 11.3 Å². The molecule has 5 aromatic rings. The van der Waals surface area contributed by atoms with Crippen molar-refractivity contribution in [2.45, 2.75) is 13.0 Å². The van der Waals surface area contributed by atoms with E-state index in [4.69, 9.17) is 30.8 Å². The Bertz CT molecular complexity index is 1730. The number of aromatic nitrogens is 6. The molecular weight excluding hydrogens is 577 g/mol. The van der Waals surface area contributed by atoms with E-state index in [1.807, 2.05) is 6.92 Å². The highest BCUT2D eigenvalue weighted by Crippen LogP contribution is 2.39. The SMILES string of the molecule is CCOc1cccc(-c2nc3nc(Cl)c(C(NS(=O)O)c4ncccc4F)nc3n2-c2c(OC)cccc2OC)n1. The maximum absolute atomic E-state index is 14.8. The fraction of sp³-hybridized carbons (Fsp3) is 0.192. The van der Waals surface area contributed by atoms with Gasteiger partial charge in [-0.1, -0.05) is 23.7 Å². The minimum atomic E-state index is -2.60. The fourth-order valence-corrected chi connectivity index (χ4v) is 4.88. The quantitative estimate of drug-likeness (QED) is 0.223. The zero-order chi connectivity index (χ0) is 29.1. The lowest BCUT2D eigenvalue weighted by atomic mass is 10.1. The molecule has 12 nitrogen and oxygen atoms in total. The van der Waals surface area contributed by atoms with Crippen LogP contribution >= 0.6 is 11.6 Å². The molecule has 0 aliphatic carbocycles. The normalized spacial score (nSPS) is 12.7. The highest BCUT2D eigenvalue weighted by molar-refractivity contribution is 7.77. The number of para-hydroxylation sites is 1. The number of halogens is 2. The number of fused-ring (bicyclic) bond motifs is 1. The molecule has 1 aromatic carbocycles. The van der Waals surface area contributed by atoms with Crippen LogP contribution in [0.15, 0.2) is 54.7 Å². The summed E-state index contributed by atoms with van der Waals surface area (Å²) in [5.74, 6) is 0.732. The van der Waals surface area contributed by atoms with E-state index in [0.717, 1.165) is 6.07 Å². The van der Waals surface area contributed by atoms with Crippen LogP contribution in [0.2, 0.25) is 5.15 Å². The van der Waals surface area contributed by atoms with Crippen molar-refractivity contribution in [3.05, 3.63) is 77.1 Å². The summed E-state index contributed by atoms with van der Waals surface area (Å²) in [5, 5.41) is -0.190. The van der Waals surface area contributed by atoms with Gasteiger partial charge in [0.05, 0.1) is 20.8 Å². The monoisotopic (exact) mass is 599 g/mol. The Labute approximate surface area is 240 Å². The molecule has 2 unspecified atom stereocenters. The summed E-state index contributed by atoms with van der Waals surface area (Å²) in [6, 6.07) is 11.6. The van der Waals surface area contributed by atoms with Crippen molar-refractivity contribution in [1.29, 1.82) is 0 Å². The molecule has 0 saturated heterocycles. The zero-order valence-electron chi connectivity index (χ0n) is 21.9. The van der Waals surface area contributed by atoms with Gasteiger partial charge in [0, 0.05) is 12.3 Å². The van der Waals surface area contributed by atoms with E-state index in [1.165, 1.54) is 26.5 Å². The average molecular weight is 600 g/mol. The van der Waals surface area contributed by atoms with E-state index in [1.54, 1.807) is 41.0 Å². The van der Waals surface area contributed by atoms with Gasteiger partial charge in [-0.15, -0.1) is 0 Å². The smallest absolute Gasteiger partial charge is 0.232 e. The molecule has 2 atom stereocenters. The van der Waals surface area contributed by atoms with Gasteiger partial charge in [0.1, 0.15) is 46.1 Å². The number of hydrogen-bond donors (Lipinski definition) is 2. The van der Waals surface area contributed by atoms with Gasteiger partial charge in [-0.3, -0.25) is 14.1 Å². The highest BCUT2D eigenvalue weighted by Gasteiger charge is 2.30. The molecule has 4 aromatic heterocycles. The van der Waals surface area contributed by atoms with Crippen LogP contribution in [0.1, 0.15) is 24.4 Å². The van der Waals surface area contributed by atoms with E-state index in [2.05, 4.69) is 24.7 Å². The Balaban J connectivity index is 1.86. The predicted molar refractivity (Wildman–Crippen MR) is 149 cm³/mol. The Morgan fingerprint density at radius 3 is 2.41 bits per heavy atom. The highest BCUT2D eigenvalue weighted by atomic mass is 35.5. The number of methoxy groups -OCH3 is 2. The van der Waals surface area contributed by atoms with Crippen molar-refractivity contribution in [3.63, 3.8) is 0 Å². The molecule has 0 aliphatic heterocycles. The first kappa shape index (κ1) is 28.3. The first-order valence-electron chi connectivity index (χ1n) is 12.1. The minimum Gasteiger partial charge on any atom is -0.494 e. The first-order chi connectivity index (χ1) is 19.9. The molecule has 5 rings (SSSR count). The van der Waals surface area contributed by atoms with Gasteiger partial charge in [-0.05, 0) is 37.3 Å². The van der Waals surface area contributed by atoms with Crippen LogP contribution in [0.25, 0.3) is 28.5 Å². The third kappa shape index (κ3) is 5.54. The predicted octanol–water partition coefficient (Wildman–Crippen LogP) is 4.30. The van der Waals surface area contributed by atoms with Gasteiger partial charge < -0.3 is 14.2 Å². The third-order valence-corrected chi connectivity index (χ3v) is 6.62. The maximum atomic E-state index is 14.8. The fourth-order valence-electron chi connectivity index (χ4n) is 4.23. The number of pyridine rings is 2. The molecule has 0 fully saturated rings. The summed E-state index contributed by atoms with van der Waals surface area (Å²) in [5.41, 5.74) is 0.798. The van der Waals surface area contributed by atoms with Crippen LogP contribution in [0.5, 0.6) is 17.4 Å².